The van der Waals surface area contributed by atoms with Crippen LogP contribution in [0.3, 0.4) is 0 Å². The molecule has 0 saturated heterocycles. The van der Waals surface area contributed by atoms with E-state index in [4.69, 9.17) is 0 Å². The summed E-state index contributed by atoms with van der Waals surface area (Å²) >= 11 is 3.62. The normalized spacial score (nSPS) is 27.3. The van der Waals surface area contributed by atoms with E-state index < -0.39 is 29.9 Å². The first-order valence-electron chi connectivity index (χ1n) is 16.3. The number of H-pyrrole nitrogens is 1. The minimum absolute atomic E-state index is 0.0130. The van der Waals surface area contributed by atoms with Crippen LogP contribution < -0.4 is 10.6 Å². The van der Waals surface area contributed by atoms with Gasteiger partial charge in [-0.05, 0) is 83.8 Å². The molecule has 4 N–H and O–H groups in total. The number of phenols is 1. The number of halogens is 1. The van der Waals surface area contributed by atoms with Crippen LogP contribution in [0.5, 0.6) is 5.75 Å². The van der Waals surface area contributed by atoms with Crippen molar-refractivity contribution in [3.8, 4) is 5.75 Å². The molecule has 0 fully saturated rings. The lowest BCUT2D eigenvalue weighted by Crippen LogP contribution is -2.55. The summed E-state index contributed by atoms with van der Waals surface area (Å²) in [6.07, 6.45) is 4.10. The zero-order chi connectivity index (χ0) is 34.4. The van der Waals surface area contributed by atoms with Crippen LogP contribution in [0.2, 0.25) is 0 Å². The molecule has 1 aliphatic heterocycles. The van der Waals surface area contributed by atoms with E-state index in [0.29, 0.717) is 23.0 Å². The summed E-state index contributed by atoms with van der Waals surface area (Å²) < 4.78 is 0.704. The zero-order valence-corrected chi connectivity index (χ0v) is 29.7. The van der Waals surface area contributed by atoms with Gasteiger partial charge >= 0.3 is 0 Å². The van der Waals surface area contributed by atoms with Gasteiger partial charge in [0.25, 0.3) is 0 Å². The third-order valence-electron chi connectivity index (χ3n) is 9.04. The Morgan fingerprint density at radius 3 is 2.28 bits per heavy atom. The maximum atomic E-state index is 14.3. The number of nitrogens with one attached hydrogen (secondary N) is 3. The van der Waals surface area contributed by atoms with E-state index in [1.165, 1.54) is 17.0 Å². The summed E-state index contributed by atoms with van der Waals surface area (Å²) in [6.45, 7) is 9.65. The highest BCUT2D eigenvalue weighted by Gasteiger charge is 2.34. The SMILES string of the molecule is C/C1=C\[C@H](C)C[C@H](C)CC(=O)C[C@H](c2ccc(O)cc2)NC(=O)[C@@H](Cc2c(Br)[nH]c3ccccc23)N(C)C(=O)[C@H](C)NC(=O)[C@@H](C)C1. The topological polar surface area (TPSA) is 132 Å². The highest BCUT2D eigenvalue weighted by Crippen LogP contribution is 2.30. The molecule has 3 amide bonds. The number of hydrogen-bond donors (Lipinski definition) is 4. The number of phenolic OH excluding ortho intramolecular Hbond substituents is 1. The third-order valence-corrected chi connectivity index (χ3v) is 9.72. The Hall–Kier alpha value is -3.92. The average molecular weight is 708 g/mol. The number of allylic oxidation sites excluding steroid dienone is 2. The highest BCUT2D eigenvalue weighted by atomic mass is 79.9. The molecule has 3 aromatic rings. The Balaban J connectivity index is 1.74. The van der Waals surface area contributed by atoms with Gasteiger partial charge in [-0.25, -0.2) is 0 Å². The molecule has 0 saturated carbocycles. The van der Waals surface area contributed by atoms with Crippen LogP contribution in [0, 0.1) is 17.8 Å². The van der Waals surface area contributed by atoms with Gasteiger partial charge in [0.05, 0.1) is 10.6 Å². The van der Waals surface area contributed by atoms with Crippen molar-refractivity contribution in [3.63, 3.8) is 0 Å². The van der Waals surface area contributed by atoms with Crippen LogP contribution in [0.15, 0.2) is 64.8 Å². The molecule has 0 radical (unpaired) electrons. The second-order valence-corrected chi connectivity index (χ2v) is 14.2. The number of aromatic amines is 1. The number of fused-ring (bicyclic) bond motifs is 1. The van der Waals surface area contributed by atoms with E-state index >= 15 is 0 Å². The molecule has 47 heavy (non-hydrogen) atoms. The minimum atomic E-state index is -0.975. The number of rotatable bonds is 3. The Kier molecular flexibility index (Phi) is 12.1. The predicted molar refractivity (Wildman–Crippen MR) is 188 cm³/mol. The minimum Gasteiger partial charge on any atom is -0.508 e. The maximum Gasteiger partial charge on any atom is 0.245 e. The van der Waals surface area contributed by atoms with E-state index in [9.17, 15) is 24.3 Å². The molecule has 252 valence electrons. The lowest BCUT2D eigenvalue weighted by Gasteiger charge is -2.32. The summed E-state index contributed by atoms with van der Waals surface area (Å²) in [4.78, 5) is 59.6. The number of ketones is 1. The lowest BCUT2D eigenvalue weighted by atomic mass is 9.89. The summed E-state index contributed by atoms with van der Waals surface area (Å²) in [5.41, 5.74) is 3.46. The fourth-order valence-electron chi connectivity index (χ4n) is 6.68. The van der Waals surface area contributed by atoms with Crippen LogP contribution in [0.25, 0.3) is 10.9 Å². The molecule has 0 unspecified atom stereocenters. The number of likely N-dealkylation sites (N-methyl/N-ethyl adjacent to an activating group) is 1. The van der Waals surface area contributed by atoms with Crippen LogP contribution in [0.1, 0.15) is 77.5 Å². The molecular formula is C37H47BrN4O5. The fourth-order valence-corrected chi connectivity index (χ4v) is 7.27. The largest absolute Gasteiger partial charge is 0.508 e. The number of aromatic nitrogens is 1. The molecule has 0 aliphatic carbocycles. The number of Topliss-reactive ketones (excluding diaryl/α,β-unsaturated/α-hetero) is 1. The molecule has 1 aliphatic rings. The van der Waals surface area contributed by atoms with Gasteiger partial charge in [0.2, 0.25) is 17.7 Å². The number of hydrogen-bond acceptors (Lipinski definition) is 5. The van der Waals surface area contributed by atoms with Gasteiger partial charge < -0.3 is 25.6 Å². The number of carbonyl (C=O) groups is 4. The maximum absolute atomic E-state index is 14.3. The summed E-state index contributed by atoms with van der Waals surface area (Å²) in [5, 5.41) is 16.8. The molecule has 10 heteroatoms. The number of aromatic hydroxyl groups is 1. The van der Waals surface area contributed by atoms with Crippen molar-refractivity contribution in [2.45, 2.75) is 84.8 Å². The lowest BCUT2D eigenvalue weighted by molar-refractivity contribution is -0.142. The summed E-state index contributed by atoms with van der Waals surface area (Å²) in [6, 6.07) is 11.6. The standard InChI is InChI=1S/C37H47BrN4O5/c1-21-15-22(2)17-24(4)35(45)39-25(5)37(47)42(6)33(20-30-29-9-7-8-10-31(29)40-34(30)38)36(46)41-32(19-28(44)18-23(3)16-21)26-11-13-27(43)14-12-26/h7-15,21,23-25,32-33,40,43H,16-20H2,1-6H3,(H,39,45)(H,41,46)/b22-15+/t21-,23-,24-,25-,32+,33+/m0/s1. The van der Waals surface area contributed by atoms with Crippen molar-refractivity contribution in [2.75, 3.05) is 7.05 Å². The Morgan fingerprint density at radius 1 is 0.894 bits per heavy atom. The quantitative estimate of drug-likeness (QED) is 0.235. The van der Waals surface area contributed by atoms with E-state index in [1.807, 2.05) is 38.1 Å². The van der Waals surface area contributed by atoms with Gasteiger partial charge in [-0.15, -0.1) is 0 Å². The first-order chi connectivity index (χ1) is 22.2. The molecule has 2 aromatic carbocycles. The van der Waals surface area contributed by atoms with E-state index in [0.717, 1.165) is 28.5 Å². The first kappa shape index (κ1) is 35.9. The smallest absolute Gasteiger partial charge is 0.245 e. The molecule has 0 spiro atoms. The second kappa shape index (κ2) is 15.8. The molecule has 1 aromatic heterocycles. The van der Waals surface area contributed by atoms with Gasteiger partial charge in [-0.1, -0.05) is 62.8 Å². The second-order valence-electron chi connectivity index (χ2n) is 13.4. The number of carbonyl (C=O) groups excluding carboxylic acids is 4. The fraction of sp³-hybridized carbons (Fsp3) is 0.459. The van der Waals surface area contributed by atoms with Crippen LogP contribution in [-0.2, 0) is 25.6 Å². The van der Waals surface area contributed by atoms with Crippen molar-refractivity contribution in [1.82, 2.24) is 20.5 Å². The number of nitrogens with zero attached hydrogens (tertiary/aromatic N) is 1. The summed E-state index contributed by atoms with van der Waals surface area (Å²) in [7, 11) is 1.57. The zero-order valence-electron chi connectivity index (χ0n) is 28.1. The van der Waals surface area contributed by atoms with Crippen LogP contribution in [-0.4, -0.2) is 57.6 Å². The summed E-state index contributed by atoms with van der Waals surface area (Å²) in [5.74, 6) is -1.03. The molecule has 2 heterocycles. The predicted octanol–water partition coefficient (Wildman–Crippen LogP) is 6.37. The molecule has 9 nitrogen and oxygen atoms in total. The molecule has 6 atom stereocenters. The van der Waals surface area contributed by atoms with Crippen molar-refractivity contribution in [3.05, 3.63) is 75.9 Å². The van der Waals surface area contributed by atoms with Crippen molar-refractivity contribution in [2.24, 2.45) is 17.8 Å². The van der Waals surface area contributed by atoms with Gasteiger partial charge in [0.1, 0.15) is 23.6 Å². The Bertz CT molecular complexity index is 1630. The molecule has 4 rings (SSSR count). The third kappa shape index (κ3) is 9.34. The van der Waals surface area contributed by atoms with E-state index in [2.05, 4.69) is 51.5 Å². The van der Waals surface area contributed by atoms with Crippen molar-refractivity contribution >= 4 is 50.3 Å². The van der Waals surface area contributed by atoms with Crippen LogP contribution in [0.4, 0.5) is 0 Å². The Morgan fingerprint density at radius 2 is 1.57 bits per heavy atom. The van der Waals surface area contributed by atoms with Gasteiger partial charge in [-0.3, -0.25) is 19.2 Å². The molecule has 0 bridgehead atoms. The molecular weight excluding hydrogens is 660 g/mol. The first-order valence-corrected chi connectivity index (χ1v) is 17.1. The monoisotopic (exact) mass is 706 g/mol. The highest BCUT2D eigenvalue weighted by molar-refractivity contribution is 9.10. The van der Waals surface area contributed by atoms with Gasteiger partial charge in [0.15, 0.2) is 0 Å². The van der Waals surface area contributed by atoms with Crippen molar-refractivity contribution in [1.29, 1.82) is 0 Å². The van der Waals surface area contributed by atoms with E-state index in [-0.39, 0.29) is 48.0 Å². The average Bonchev–Trinajstić information content (AvgIpc) is 3.32. The number of para-hydroxylation sites is 1. The van der Waals surface area contributed by atoms with E-state index in [1.54, 1.807) is 26.1 Å². The van der Waals surface area contributed by atoms with Gasteiger partial charge in [-0.2, -0.15) is 0 Å². The number of benzene rings is 2. The van der Waals surface area contributed by atoms with Crippen molar-refractivity contribution < 1.29 is 24.3 Å². The number of amides is 3. The van der Waals surface area contributed by atoms with Crippen LogP contribution >= 0.6 is 15.9 Å². The van der Waals surface area contributed by atoms with Gasteiger partial charge in [0, 0.05) is 43.1 Å². The Labute approximate surface area is 285 Å².